The molecule has 3 aromatic heterocycles. The Morgan fingerprint density at radius 2 is 1.43 bits per heavy atom. The molecule has 2 amide bonds. The summed E-state index contributed by atoms with van der Waals surface area (Å²) in [5.41, 5.74) is 22.3. The molecule has 602 valence electrons. The highest BCUT2D eigenvalue weighted by molar-refractivity contribution is 8.03. The van der Waals surface area contributed by atoms with E-state index in [2.05, 4.69) is 202 Å². The molecule has 6 aliphatic rings. The molecular weight excluding hydrogens is 1500 g/mol. The summed E-state index contributed by atoms with van der Waals surface area (Å²) in [7, 11) is -8.29. The highest BCUT2D eigenvalue weighted by Gasteiger charge is 2.46. The standard InChI is InChI=1S/C94H108N8O10S3/c1-12-14-15-22-50-112-61(7)85-59(5)75-54-74-58(4)69(89(99-74)72-53-81(103)86-60(6)76(100-90(72)86)55-77-68(13-2)57(3)73(97-77)56-78(85)98-75)40-45-84(104)95-46-47-96-92(105)66-32-38-67(39-33-66)113-91-64(36-43-82-93(8,9)87-70-30-18-16-26-62(70)34-41-79(87)101(82)48-20-23-51-114(106,107)108)28-25-29-65(91)37-44-83-94(10,11)88-71-31-19-17-27-63(71)35-42-80(88)102(83)49-21-24-52-115(109,110)111/h16-19,26-27,30-39,41-44,54-56,58,61,69H,12-15,20-25,28-29,40,45-53H2,1-11H3,(H5-,95,96,97,98,99,100,103,104,105,106,107,108,109,110,111)/p+1/t58-,61?,69-/m0/s1. The van der Waals surface area contributed by atoms with E-state index in [1.165, 1.54) is 17.5 Å². The molecule has 8 aromatic rings. The Hall–Kier alpha value is -9.35. The van der Waals surface area contributed by atoms with Gasteiger partial charge in [-0.1, -0.05) is 132 Å². The molecule has 4 aliphatic heterocycles. The molecule has 1 unspecified atom stereocenters. The van der Waals surface area contributed by atoms with E-state index in [1.54, 1.807) is 11.8 Å². The van der Waals surface area contributed by atoms with E-state index >= 15 is 0 Å². The molecule has 21 heteroatoms. The summed E-state index contributed by atoms with van der Waals surface area (Å²) in [6, 6.07) is 39.5. The number of unbranched alkanes of at least 4 members (excludes halogenated alkanes) is 5. The van der Waals surface area contributed by atoms with Crippen LogP contribution in [0.25, 0.3) is 54.8 Å². The Balaban J connectivity index is 0.717. The third kappa shape index (κ3) is 17.1. The molecule has 14 rings (SSSR count). The lowest BCUT2D eigenvalue weighted by atomic mass is 9.78. The summed E-state index contributed by atoms with van der Waals surface area (Å²) >= 11 is 1.65. The first-order valence-corrected chi connectivity index (χ1v) is 45.2. The number of hydrogen-bond donors (Lipinski definition) is 6. The normalized spacial score (nSPS) is 18.2. The predicted octanol–water partition coefficient (Wildman–Crippen LogP) is 20.3. The number of carbonyl (C=O) groups excluding carboxylic acids is 3. The molecular formula is C94H109N8O10S3+. The van der Waals surface area contributed by atoms with Crippen LogP contribution in [0.1, 0.15) is 247 Å². The van der Waals surface area contributed by atoms with Gasteiger partial charge in [0.05, 0.1) is 45.6 Å². The number of nitrogens with one attached hydrogen (secondary N) is 4. The lowest BCUT2D eigenvalue weighted by Crippen LogP contribution is -2.34. The van der Waals surface area contributed by atoms with Gasteiger partial charge in [-0.2, -0.15) is 21.4 Å². The molecule has 8 bridgehead atoms. The van der Waals surface area contributed by atoms with Gasteiger partial charge in [0.25, 0.3) is 26.1 Å². The Morgan fingerprint density at radius 1 is 0.739 bits per heavy atom. The first kappa shape index (κ1) is 82.2. The minimum absolute atomic E-state index is 0.0416. The van der Waals surface area contributed by atoms with E-state index in [0.29, 0.717) is 62.9 Å². The van der Waals surface area contributed by atoms with Crippen LogP contribution < -0.4 is 15.5 Å². The first-order chi connectivity index (χ1) is 55.0. The van der Waals surface area contributed by atoms with Crippen LogP contribution in [0.2, 0.25) is 0 Å². The van der Waals surface area contributed by atoms with Crippen molar-refractivity contribution in [3.05, 3.63) is 229 Å². The van der Waals surface area contributed by atoms with Gasteiger partial charge in [0.1, 0.15) is 6.54 Å². The number of hydrogen-bond acceptors (Lipinski definition) is 12. The molecule has 0 spiro atoms. The number of aromatic nitrogens is 4. The van der Waals surface area contributed by atoms with E-state index in [1.807, 2.05) is 43.3 Å². The van der Waals surface area contributed by atoms with Crippen molar-refractivity contribution in [3.8, 4) is 0 Å². The third-order valence-electron chi connectivity index (χ3n) is 24.6. The molecule has 0 radical (unpaired) electrons. The maximum atomic E-state index is 14.2. The van der Waals surface area contributed by atoms with Gasteiger partial charge in [-0.3, -0.25) is 28.5 Å². The highest BCUT2D eigenvalue weighted by Crippen LogP contribution is 2.53. The second-order valence-electron chi connectivity index (χ2n) is 33.0. The Labute approximate surface area is 681 Å². The average Bonchev–Trinajstić information content (AvgIpc) is 1.58. The molecule has 7 heterocycles. The number of Topliss-reactive ketones (excluding diaryl/α,β-unsaturated/α-hetero) is 1. The number of rotatable bonds is 30. The predicted molar refractivity (Wildman–Crippen MR) is 466 cm³/mol. The Morgan fingerprint density at radius 3 is 2.15 bits per heavy atom. The molecule has 0 fully saturated rings. The summed E-state index contributed by atoms with van der Waals surface area (Å²) in [5, 5.41) is 10.7. The number of anilines is 1. The van der Waals surface area contributed by atoms with Gasteiger partial charge in [-0.15, -0.1) is 0 Å². The van der Waals surface area contributed by atoms with Crippen molar-refractivity contribution in [3.63, 3.8) is 0 Å². The number of H-pyrrole nitrogens is 2. The summed E-state index contributed by atoms with van der Waals surface area (Å²) in [6.07, 6.45) is 19.0. The number of ether oxygens (including phenoxy) is 1. The monoisotopic (exact) mass is 1610 g/mol. The van der Waals surface area contributed by atoms with Gasteiger partial charge in [0.2, 0.25) is 11.6 Å². The van der Waals surface area contributed by atoms with Gasteiger partial charge in [0.15, 0.2) is 11.5 Å². The molecule has 6 N–H and O–H groups in total. The Bertz CT molecular complexity index is 5840. The van der Waals surface area contributed by atoms with E-state index < -0.39 is 31.1 Å². The molecule has 2 aliphatic carbocycles. The van der Waals surface area contributed by atoms with Crippen molar-refractivity contribution in [1.82, 2.24) is 30.6 Å². The van der Waals surface area contributed by atoms with Crippen molar-refractivity contribution in [2.75, 3.05) is 49.2 Å². The maximum Gasteiger partial charge on any atom is 0.264 e. The van der Waals surface area contributed by atoms with E-state index in [-0.39, 0.29) is 73.0 Å². The van der Waals surface area contributed by atoms with Crippen LogP contribution in [-0.4, -0.2) is 118 Å². The fourth-order valence-corrected chi connectivity index (χ4v) is 20.8. The number of ketones is 1. The largest absolute Gasteiger partial charge is 0.374 e. The van der Waals surface area contributed by atoms with Gasteiger partial charge >= 0.3 is 0 Å². The van der Waals surface area contributed by atoms with Crippen LogP contribution in [-0.2, 0) is 47.0 Å². The second kappa shape index (κ2) is 34.1. The van der Waals surface area contributed by atoms with Gasteiger partial charge in [-0.05, 0) is 221 Å². The van der Waals surface area contributed by atoms with Crippen molar-refractivity contribution >= 4 is 121 Å². The van der Waals surface area contributed by atoms with Crippen LogP contribution >= 0.6 is 11.8 Å². The zero-order valence-electron chi connectivity index (χ0n) is 68.2. The quantitative estimate of drug-likeness (QED) is 0.0139. The molecule has 3 atom stereocenters. The molecule has 5 aromatic carbocycles. The van der Waals surface area contributed by atoms with E-state index in [0.717, 1.165) is 188 Å². The zero-order chi connectivity index (χ0) is 81.4. The van der Waals surface area contributed by atoms with Crippen LogP contribution in [0.3, 0.4) is 0 Å². The lowest BCUT2D eigenvalue weighted by Gasteiger charge is -2.28. The Kier molecular flexibility index (Phi) is 24.4. The number of aromatic amines is 2. The number of aryl methyl sites for hydroxylation is 2. The van der Waals surface area contributed by atoms with E-state index in [9.17, 15) is 40.3 Å². The number of thioether (sulfide) groups is 1. The second-order valence-corrected chi connectivity index (χ2v) is 37.2. The first-order valence-electron chi connectivity index (χ1n) is 41.2. The molecule has 0 saturated carbocycles. The van der Waals surface area contributed by atoms with Crippen molar-refractivity contribution in [1.29, 1.82) is 0 Å². The number of amides is 2. The summed E-state index contributed by atoms with van der Waals surface area (Å²) in [5.74, 6) is -1.31. The van der Waals surface area contributed by atoms with Crippen molar-refractivity contribution in [2.45, 2.75) is 206 Å². The summed E-state index contributed by atoms with van der Waals surface area (Å²) < 4.78 is 76.1. The van der Waals surface area contributed by atoms with Gasteiger partial charge in [0, 0.05) is 146 Å². The van der Waals surface area contributed by atoms with Crippen LogP contribution in [0.5, 0.6) is 0 Å². The SMILES string of the molecule is CCCCCCOC(C)c1c(C)c2cc3nc(c4c5[nH]c(cc6nc(cc1[nH]2)C(C)=C6CC)c(C)c5C(=O)C4)[C@@H](CCC(=O)NCCNC(=O)c1ccc(SC2=C(/C=C/C4=[N+](CCCCS(=O)(=O)O)c5ccc6ccccc6c5C4(C)C)CCC/C2=C\C=C2\N(CCCCS(=O)(=O)O)c4ccc5ccccc5c4C2(C)C)cc1)[C@@H]3C. The maximum absolute atomic E-state index is 14.2. The number of benzene rings is 5. The van der Waals surface area contributed by atoms with E-state index in [4.69, 9.17) is 14.7 Å². The van der Waals surface area contributed by atoms with Crippen LogP contribution in [0.15, 0.2) is 166 Å². The number of fused-ring (bicyclic) bond motifs is 14. The molecule has 18 nitrogen and oxygen atoms in total. The number of nitrogens with zero attached hydrogens (tertiary/aromatic N) is 4. The minimum atomic E-state index is -4.14. The van der Waals surface area contributed by atoms with Crippen molar-refractivity contribution in [2.24, 2.45) is 0 Å². The van der Waals surface area contributed by atoms with Crippen molar-refractivity contribution < 1.29 is 49.6 Å². The lowest BCUT2D eigenvalue weighted by molar-refractivity contribution is -0.438. The number of carbonyl (C=O) groups is 3. The number of allylic oxidation sites excluding steroid dienone is 9. The summed E-state index contributed by atoms with van der Waals surface area (Å²) in [6.45, 7) is 26.1. The fraction of sp³-hybridized carbons (Fsp3) is 0.404. The minimum Gasteiger partial charge on any atom is -0.374 e. The third-order valence-corrected chi connectivity index (χ3v) is 27.5. The zero-order valence-corrected chi connectivity index (χ0v) is 70.7. The molecule has 0 saturated heterocycles. The summed E-state index contributed by atoms with van der Waals surface area (Å²) in [4.78, 5) is 64.9. The topological polar surface area (TPSA) is 257 Å². The van der Waals surface area contributed by atoms with Crippen LogP contribution in [0, 0.1) is 13.8 Å². The smallest absolute Gasteiger partial charge is 0.264 e. The molecule has 115 heavy (non-hydrogen) atoms. The average molecular weight is 1610 g/mol. The van der Waals surface area contributed by atoms with Crippen LogP contribution in [0.4, 0.5) is 11.4 Å². The van der Waals surface area contributed by atoms with Gasteiger partial charge < -0.3 is 30.2 Å². The fourth-order valence-electron chi connectivity index (χ4n) is 18.6. The highest BCUT2D eigenvalue weighted by atomic mass is 32.2. The van der Waals surface area contributed by atoms with Gasteiger partial charge in [-0.25, -0.2) is 4.98 Å².